The van der Waals surface area contributed by atoms with Crippen LogP contribution in [-0.2, 0) is 6.42 Å². The molecule has 2 rings (SSSR count). The van der Waals surface area contributed by atoms with E-state index in [9.17, 15) is 0 Å². The average Bonchev–Trinajstić information content (AvgIpc) is 2.78. The highest BCUT2D eigenvalue weighted by atomic mass is 16.5. The van der Waals surface area contributed by atoms with Crippen molar-refractivity contribution in [1.29, 1.82) is 0 Å². The van der Waals surface area contributed by atoms with Gasteiger partial charge in [0.05, 0.1) is 5.69 Å². The molecule has 2 aromatic heterocycles. The van der Waals surface area contributed by atoms with Crippen LogP contribution < -0.4 is 0 Å². The summed E-state index contributed by atoms with van der Waals surface area (Å²) in [5.74, 6) is 0.743. The zero-order chi connectivity index (χ0) is 12.3. The van der Waals surface area contributed by atoms with Crippen LogP contribution in [0, 0.1) is 5.41 Å². The smallest absolute Gasteiger partial charge is 0.185 e. The Balaban J connectivity index is 2.17. The third-order valence-corrected chi connectivity index (χ3v) is 3.09. The van der Waals surface area contributed by atoms with E-state index in [4.69, 9.17) is 4.52 Å². The molecule has 0 saturated carbocycles. The Morgan fingerprint density at radius 2 is 2.12 bits per heavy atom. The van der Waals surface area contributed by atoms with Crippen LogP contribution in [0.1, 0.15) is 32.9 Å². The summed E-state index contributed by atoms with van der Waals surface area (Å²) in [4.78, 5) is 4.25. The van der Waals surface area contributed by atoms with Crippen molar-refractivity contribution >= 4 is 0 Å². The molecule has 0 fully saturated rings. The quantitative estimate of drug-likeness (QED) is 0.803. The molecule has 2 heterocycles. The first-order valence-electron chi connectivity index (χ1n) is 5.98. The average molecular weight is 230 g/mol. The van der Waals surface area contributed by atoms with Gasteiger partial charge in [-0.05, 0) is 24.0 Å². The second kappa shape index (κ2) is 4.70. The third kappa shape index (κ3) is 2.93. The van der Waals surface area contributed by atoms with Gasteiger partial charge >= 0.3 is 0 Å². The normalized spacial score (nSPS) is 11.7. The highest BCUT2D eigenvalue weighted by Gasteiger charge is 2.18. The molecule has 0 radical (unpaired) electrons. The van der Waals surface area contributed by atoms with Crippen LogP contribution >= 0.6 is 0 Å². The van der Waals surface area contributed by atoms with Gasteiger partial charge in [-0.3, -0.25) is 4.98 Å². The van der Waals surface area contributed by atoms with Crippen LogP contribution in [0.15, 0.2) is 35.0 Å². The number of aromatic nitrogens is 2. The van der Waals surface area contributed by atoms with Crippen LogP contribution in [0.5, 0.6) is 0 Å². The SMILES string of the molecule is CCC(C)(C)Cc1cc(-c2ccccn2)on1. The summed E-state index contributed by atoms with van der Waals surface area (Å²) in [5.41, 5.74) is 2.09. The molecule has 0 unspecified atom stereocenters. The van der Waals surface area contributed by atoms with Crippen molar-refractivity contribution in [3.63, 3.8) is 0 Å². The molecule has 0 N–H and O–H groups in total. The molecule has 0 aliphatic carbocycles. The summed E-state index contributed by atoms with van der Waals surface area (Å²) in [5, 5.41) is 4.11. The van der Waals surface area contributed by atoms with Gasteiger partial charge in [-0.15, -0.1) is 0 Å². The molecule has 0 bridgehead atoms. The minimum absolute atomic E-state index is 0.262. The lowest BCUT2D eigenvalue weighted by Crippen LogP contribution is -2.13. The number of rotatable bonds is 4. The van der Waals surface area contributed by atoms with E-state index in [2.05, 4.69) is 30.9 Å². The van der Waals surface area contributed by atoms with E-state index >= 15 is 0 Å². The summed E-state index contributed by atoms with van der Waals surface area (Å²) in [7, 11) is 0. The molecule has 2 aromatic rings. The summed E-state index contributed by atoms with van der Waals surface area (Å²) >= 11 is 0. The fourth-order valence-corrected chi connectivity index (χ4v) is 1.64. The minimum atomic E-state index is 0.262. The standard InChI is InChI=1S/C14H18N2O/c1-4-14(2,3)10-11-9-13(17-16-11)12-7-5-6-8-15-12/h5-9H,4,10H2,1-3H3. The minimum Gasteiger partial charge on any atom is -0.354 e. The summed E-state index contributed by atoms with van der Waals surface area (Å²) in [6, 6.07) is 7.75. The first-order valence-corrected chi connectivity index (χ1v) is 5.98. The van der Waals surface area contributed by atoms with Crippen molar-refractivity contribution in [2.24, 2.45) is 5.41 Å². The topological polar surface area (TPSA) is 38.9 Å². The molecule has 0 aromatic carbocycles. The van der Waals surface area contributed by atoms with E-state index in [1.165, 1.54) is 0 Å². The molecule has 0 amide bonds. The molecular weight excluding hydrogens is 212 g/mol. The molecule has 0 saturated heterocycles. The molecule has 0 aliphatic heterocycles. The molecule has 3 heteroatoms. The maximum absolute atomic E-state index is 5.33. The Kier molecular flexibility index (Phi) is 3.27. The van der Waals surface area contributed by atoms with Gasteiger partial charge in [-0.2, -0.15) is 0 Å². The third-order valence-electron chi connectivity index (χ3n) is 3.09. The predicted octanol–water partition coefficient (Wildman–Crippen LogP) is 3.72. The van der Waals surface area contributed by atoms with Gasteiger partial charge in [0.25, 0.3) is 0 Å². The molecule has 90 valence electrons. The highest BCUT2D eigenvalue weighted by Crippen LogP contribution is 2.26. The van der Waals surface area contributed by atoms with Gasteiger partial charge in [0, 0.05) is 12.3 Å². The lowest BCUT2D eigenvalue weighted by Gasteiger charge is -2.20. The molecule has 17 heavy (non-hydrogen) atoms. The van der Waals surface area contributed by atoms with Crippen LogP contribution in [0.25, 0.3) is 11.5 Å². The van der Waals surface area contributed by atoms with Crippen LogP contribution in [0.2, 0.25) is 0 Å². The van der Waals surface area contributed by atoms with Gasteiger partial charge in [-0.25, -0.2) is 0 Å². The first-order chi connectivity index (χ1) is 8.11. The van der Waals surface area contributed by atoms with Gasteiger partial charge in [-0.1, -0.05) is 38.4 Å². The number of nitrogens with zero attached hydrogens (tertiary/aromatic N) is 2. The monoisotopic (exact) mass is 230 g/mol. The zero-order valence-corrected chi connectivity index (χ0v) is 10.6. The Bertz CT molecular complexity index is 474. The Labute approximate surface area is 102 Å². The van der Waals surface area contributed by atoms with Crippen molar-refractivity contribution in [3.05, 3.63) is 36.2 Å². The maximum atomic E-state index is 5.33. The second-order valence-electron chi connectivity index (χ2n) is 5.09. The van der Waals surface area contributed by atoms with E-state index in [1.807, 2.05) is 24.3 Å². The van der Waals surface area contributed by atoms with Crippen molar-refractivity contribution in [3.8, 4) is 11.5 Å². The van der Waals surface area contributed by atoms with Crippen LogP contribution in [-0.4, -0.2) is 10.1 Å². The van der Waals surface area contributed by atoms with Gasteiger partial charge < -0.3 is 4.52 Å². The number of pyridine rings is 1. The number of hydrogen-bond acceptors (Lipinski definition) is 3. The van der Waals surface area contributed by atoms with E-state index < -0.39 is 0 Å². The van der Waals surface area contributed by atoms with Crippen molar-refractivity contribution in [2.45, 2.75) is 33.6 Å². The largest absolute Gasteiger partial charge is 0.354 e. The van der Waals surface area contributed by atoms with Crippen molar-refractivity contribution in [2.75, 3.05) is 0 Å². The van der Waals surface area contributed by atoms with Crippen molar-refractivity contribution < 1.29 is 4.52 Å². The van der Waals surface area contributed by atoms with Gasteiger partial charge in [0.15, 0.2) is 5.76 Å². The fraction of sp³-hybridized carbons (Fsp3) is 0.429. The lowest BCUT2D eigenvalue weighted by molar-refractivity contribution is 0.332. The Morgan fingerprint density at radius 1 is 1.29 bits per heavy atom. The molecular formula is C14H18N2O. The number of hydrogen-bond donors (Lipinski definition) is 0. The summed E-state index contributed by atoms with van der Waals surface area (Å²) in [6.45, 7) is 6.67. The lowest BCUT2D eigenvalue weighted by atomic mass is 9.85. The zero-order valence-electron chi connectivity index (χ0n) is 10.6. The van der Waals surface area contributed by atoms with Crippen LogP contribution in [0.3, 0.4) is 0 Å². The van der Waals surface area contributed by atoms with Gasteiger partial charge in [0.1, 0.15) is 5.69 Å². The van der Waals surface area contributed by atoms with Crippen LogP contribution in [0.4, 0.5) is 0 Å². The molecule has 0 spiro atoms. The predicted molar refractivity (Wildman–Crippen MR) is 67.5 cm³/mol. The van der Waals surface area contributed by atoms with E-state index in [1.54, 1.807) is 6.20 Å². The van der Waals surface area contributed by atoms with E-state index in [0.717, 1.165) is 30.0 Å². The maximum Gasteiger partial charge on any atom is 0.185 e. The summed E-state index contributed by atoms with van der Waals surface area (Å²) in [6.07, 6.45) is 3.81. The molecule has 3 nitrogen and oxygen atoms in total. The fourth-order valence-electron chi connectivity index (χ4n) is 1.64. The van der Waals surface area contributed by atoms with Gasteiger partial charge in [0.2, 0.25) is 0 Å². The van der Waals surface area contributed by atoms with E-state index in [0.29, 0.717) is 0 Å². The summed E-state index contributed by atoms with van der Waals surface area (Å²) < 4.78 is 5.33. The molecule has 0 aliphatic rings. The molecule has 0 atom stereocenters. The Morgan fingerprint density at radius 3 is 2.76 bits per heavy atom. The first kappa shape index (κ1) is 11.8. The van der Waals surface area contributed by atoms with Crippen molar-refractivity contribution in [1.82, 2.24) is 10.1 Å². The highest BCUT2D eigenvalue weighted by molar-refractivity contribution is 5.51. The second-order valence-corrected chi connectivity index (χ2v) is 5.09. The van der Waals surface area contributed by atoms with E-state index in [-0.39, 0.29) is 5.41 Å². The Hall–Kier alpha value is -1.64.